The summed E-state index contributed by atoms with van der Waals surface area (Å²) in [7, 11) is 0. The van der Waals surface area contributed by atoms with E-state index in [1.165, 1.54) is 25.7 Å². The molecule has 1 aliphatic carbocycles. The predicted molar refractivity (Wildman–Crippen MR) is 72.0 cm³/mol. The maximum absolute atomic E-state index is 5.94. The Kier molecular flexibility index (Phi) is 3.32. The average Bonchev–Trinajstić information content (AvgIpc) is 3.06. The highest BCUT2D eigenvalue weighted by Gasteiger charge is 2.25. The Hall–Kier alpha value is -1.36. The van der Waals surface area contributed by atoms with Crippen LogP contribution in [0.2, 0.25) is 0 Å². The molecular formula is C12H16ClN5. The number of imidazole rings is 1. The van der Waals surface area contributed by atoms with Gasteiger partial charge in [-0.3, -0.25) is 0 Å². The molecule has 6 heteroatoms. The summed E-state index contributed by atoms with van der Waals surface area (Å²) in [5.41, 5.74) is 1.63. The minimum Gasteiger partial charge on any atom is -0.351 e. The number of fused-ring (bicyclic) bond motifs is 1. The van der Waals surface area contributed by atoms with Crippen molar-refractivity contribution in [2.45, 2.75) is 31.7 Å². The zero-order valence-electron chi connectivity index (χ0n) is 10.1. The molecule has 1 aliphatic rings. The van der Waals surface area contributed by atoms with Crippen LogP contribution < -0.4 is 4.90 Å². The van der Waals surface area contributed by atoms with E-state index >= 15 is 0 Å². The zero-order chi connectivity index (χ0) is 12.4. The molecule has 5 nitrogen and oxygen atoms in total. The number of H-pyrrole nitrogens is 1. The molecule has 0 amide bonds. The minimum absolute atomic E-state index is 0.546. The molecule has 0 radical (unpaired) electrons. The van der Waals surface area contributed by atoms with Crippen LogP contribution in [-0.2, 0) is 0 Å². The molecule has 0 aliphatic heterocycles. The fourth-order valence-electron chi connectivity index (χ4n) is 2.74. The summed E-state index contributed by atoms with van der Waals surface area (Å²) in [6, 6.07) is 0.546. The summed E-state index contributed by atoms with van der Waals surface area (Å²) < 4.78 is 0. The first kappa shape index (κ1) is 11.7. The van der Waals surface area contributed by atoms with Gasteiger partial charge in [0.25, 0.3) is 0 Å². The van der Waals surface area contributed by atoms with Crippen molar-refractivity contribution in [3.63, 3.8) is 0 Å². The largest absolute Gasteiger partial charge is 0.351 e. The second-order valence-corrected chi connectivity index (χ2v) is 5.00. The monoisotopic (exact) mass is 265 g/mol. The van der Waals surface area contributed by atoms with E-state index in [4.69, 9.17) is 11.6 Å². The first-order valence-corrected chi connectivity index (χ1v) is 6.90. The van der Waals surface area contributed by atoms with Crippen LogP contribution in [-0.4, -0.2) is 38.4 Å². The summed E-state index contributed by atoms with van der Waals surface area (Å²) in [4.78, 5) is 18.2. The van der Waals surface area contributed by atoms with Crippen LogP contribution in [0.5, 0.6) is 0 Å². The zero-order valence-corrected chi connectivity index (χ0v) is 10.9. The van der Waals surface area contributed by atoms with Crippen molar-refractivity contribution in [3.05, 3.63) is 12.7 Å². The maximum atomic E-state index is 5.94. The van der Waals surface area contributed by atoms with Gasteiger partial charge < -0.3 is 9.88 Å². The van der Waals surface area contributed by atoms with Crippen LogP contribution in [0.25, 0.3) is 11.2 Å². The van der Waals surface area contributed by atoms with E-state index in [-0.39, 0.29) is 0 Å². The lowest BCUT2D eigenvalue weighted by Crippen LogP contribution is -2.35. The minimum atomic E-state index is 0.546. The van der Waals surface area contributed by atoms with E-state index in [0.29, 0.717) is 11.9 Å². The van der Waals surface area contributed by atoms with Gasteiger partial charge in [-0.2, -0.15) is 0 Å². The molecule has 2 heterocycles. The fraction of sp³-hybridized carbons (Fsp3) is 0.583. The Labute approximate surface area is 111 Å². The summed E-state index contributed by atoms with van der Waals surface area (Å²) >= 11 is 5.94. The summed E-state index contributed by atoms with van der Waals surface area (Å²) in [6.07, 6.45) is 8.26. The molecule has 0 saturated heterocycles. The standard InChI is InChI=1S/C12H16ClN5/c13-5-6-18(9-3-1-2-4-9)12-10-11(15-7-14-10)16-8-17-12/h7-9H,1-6H2,(H,14,15,16,17). The van der Waals surface area contributed by atoms with E-state index in [1.54, 1.807) is 12.7 Å². The SMILES string of the molecule is ClCCN(c1ncnc2nc[nH]c12)C1CCCC1. The van der Waals surface area contributed by atoms with Crippen molar-refractivity contribution in [3.8, 4) is 0 Å². The predicted octanol–water partition coefficient (Wildman–Crippen LogP) is 2.34. The van der Waals surface area contributed by atoms with E-state index in [1.807, 2.05) is 0 Å². The molecular weight excluding hydrogens is 250 g/mol. The van der Waals surface area contributed by atoms with E-state index in [0.717, 1.165) is 23.5 Å². The van der Waals surface area contributed by atoms with Crippen LogP contribution in [0.4, 0.5) is 5.82 Å². The highest BCUT2D eigenvalue weighted by atomic mass is 35.5. The molecule has 2 aromatic rings. The number of nitrogens with one attached hydrogen (secondary N) is 1. The van der Waals surface area contributed by atoms with Crippen LogP contribution in [0.1, 0.15) is 25.7 Å². The van der Waals surface area contributed by atoms with Crippen LogP contribution in [0.15, 0.2) is 12.7 Å². The van der Waals surface area contributed by atoms with Gasteiger partial charge in [-0.05, 0) is 12.8 Å². The van der Waals surface area contributed by atoms with Gasteiger partial charge in [0.05, 0.1) is 6.33 Å². The van der Waals surface area contributed by atoms with Crippen LogP contribution in [0, 0.1) is 0 Å². The van der Waals surface area contributed by atoms with Crippen LogP contribution in [0.3, 0.4) is 0 Å². The molecule has 0 spiro atoms. The number of aromatic amines is 1. The molecule has 0 unspecified atom stereocenters. The van der Waals surface area contributed by atoms with E-state index < -0.39 is 0 Å². The van der Waals surface area contributed by atoms with Gasteiger partial charge in [-0.15, -0.1) is 11.6 Å². The summed E-state index contributed by atoms with van der Waals surface area (Å²) in [5.74, 6) is 1.54. The molecule has 2 aromatic heterocycles. The third-order valence-corrected chi connectivity index (χ3v) is 3.73. The van der Waals surface area contributed by atoms with Gasteiger partial charge in [0, 0.05) is 18.5 Å². The van der Waals surface area contributed by atoms with Gasteiger partial charge in [-0.1, -0.05) is 12.8 Å². The lowest BCUT2D eigenvalue weighted by atomic mass is 10.2. The van der Waals surface area contributed by atoms with Gasteiger partial charge in [0.2, 0.25) is 0 Å². The fourth-order valence-corrected chi connectivity index (χ4v) is 2.92. The van der Waals surface area contributed by atoms with Crippen molar-refractivity contribution >= 4 is 28.6 Å². The quantitative estimate of drug-likeness (QED) is 0.862. The molecule has 96 valence electrons. The number of hydrogen-bond acceptors (Lipinski definition) is 4. The van der Waals surface area contributed by atoms with Gasteiger partial charge in [-0.25, -0.2) is 15.0 Å². The van der Waals surface area contributed by atoms with E-state index in [9.17, 15) is 0 Å². The highest BCUT2D eigenvalue weighted by Crippen LogP contribution is 2.29. The Bertz CT molecular complexity index is 520. The number of halogens is 1. The molecule has 3 rings (SSSR count). The molecule has 0 atom stereocenters. The van der Waals surface area contributed by atoms with Gasteiger partial charge >= 0.3 is 0 Å². The third kappa shape index (κ3) is 2.03. The number of nitrogens with zero attached hydrogens (tertiary/aromatic N) is 4. The molecule has 1 saturated carbocycles. The van der Waals surface area contributed by atoms with E-state index in [2.05, 4.69) is 24.8 Å². The van der Waals surface area contributed by atoms with Crippen molar-refractivity contribution in [1.29, 1.82) is 0 Å². The van der Waals surface area contributed by atoms with Crippen molar-refractivity contribution in [2.75, 3.05) is 17.3 Å². The Morgan fingerprint density at radius 3 is 2.89 bits per heavy atom. The average molecular weight is 266 g/mol. The second-order valence-electron chi connectivity index (χ2n) is 4.62. The van der Waals surface area contributed by atoms with Crippen LogP contribution >= 0.6 is 11.6 Å². The summed E-state index contributed by atoms with van der Waals surface area (Å²) in [5, 5.41) is 0. The molecule has 1 fully saturated rings. The molecule has 0 aromatic carbocycles. The first-order chi connectivity index (χ1) is 8.90. The topological polar surface area (TPSA) is 57.7 Å². The van der Waals surface area contributed by atoms with Gasteiger partial charge in [0.1, 0.15) is 11.8 Å². The number of alkyl halides is 1. The Morgan fingerprint density at radius 1 is 1.28 bits per heavy atom. The number of hydrogen-bond donors (Lipinski definition) is 1. The highest BCUT2D eigenvalue weighted by molar-refractivity contribution is 6.18. The number of rotatable bonds is 4. The Morgan fingerprint density at radius 2 is 2.11 bits per heavy atom. The third-order valence-electron chi connectivity index (χ3n) is 3.57. The van der Waals surface area contributed by atoms with Crippen molar-refractivity contribution < 1.29 is 0 Å². The second kappa shape index (κ2) is 5.10. The maximum Gasteiger partial charge on any atom is 0.182 e. The lowest BCUT2D eigenvalue weighted by Gasteiger charge is -2.29. The lowest BCUT2D eigenvalue weighted by molar-refractivity contribution is 0.615. The summed E-state index contributed by atoms with van der Waals surface area (Å²) in [6.45, 7) is 0.817. The number of anilines is 1. The smallest absolute Gasteiger partial charge is 0.182 e. The van der Waals surface area contributed by atoms with Crippen molar-refractivity contribution in [1.82, 2.24) is 19.9 Å². The Balaban J connectivity index is 2.00. The van der Waals surface area contributed by atoms with Crippen molar-refractivity contribution in [2.24, 2.45) is 0 Å². The first-order valence-electron chi connectivity index (χ1n) is 6.37. The normalized spacial score (nSPS) is 16.5. The molecule has 0 bridgehead atoms. The molecule has 18 heavy (non-hydrogen) atoms. The number of aromatic nitrogens is 4. The van der Waals surface area contributed by atoms with Gasteiger partial charge in [0.15, 0.2) is 11.5 Å². The molecule has 1 N–H and O–H groups in total.